The zero-order valence-corrected chi connectivity index (χ0v) is 16.8. The fourth-order valence-electron chi connectivity index (χ4n) is 3.25. The van der Waals surface area contributed by atoms with Crippen LogP contribution in [0.5, 0.6) is 0 Å². The first kappa shape index (κ1) is 19.0. The van der Waals surface area contributed by atoms with Crippen LogP contribution in [0.3, 0.4) is 0 Å². The number of aryl methyl sites for hydroxylation is 1. The van der Waals surface area contributed by atoms with E-state index in [4.69, 9.17) is 0 Å². The van der Waals surface area contributed by atoms with E-state index >= 15 is 0 Å². The molecule has 1 fully saturated rings. The van der Waals surface area contributed by atoms with E-state index in [0.717, 1.165) is 22.7 Å². The van der Waals surface area contributed by atoms with Crippen molar-refractivity contribution in [2.75, 3.05) is 18.1 Å². The molecule has 1 aliphatic rings. The summed E-state index contributed by atoms with van der Waals surface area (Å²) in [6, 6.07) is 7.97. The quantitative estimate of drug-likeness (QED) is 0.758. The van der Waals surface area contributed by atoms with Gasteiger partial charge in [-0.05, 0) is 19.8 Å². The molecule has 7 heteroatoms. The van der Waals surface area contributed by atoms with E-state index in [9.17, 15) is 13.2 Å². The predicted molar refractivity (Wildman–Crippen MR) is 105 cm³/mol. The second-order valence-corrected chi connectivity index (χ2v) is 9.92. The molecule has 1 aromatic carbocycles. The monoisotopic (exact) mass is 392 g/mol. The van der Waals surface area contributed by atoms with E-state index in [0.29, 0.717) is 13.0 Å². The molecule has 0 bridgehead atoms. The van der Waals surface area contributed by atoms with E-state index < -0.39 is 9.84 Å². The number of hydrogen-bond donors (Lipinski definition) is 0. The maximum Gasteiger partial charge on any atom is 0.228 e. The van der Waals surface area contributed by atoms with Gasteiger partial charge in [0.25, 0.3) is 0 Å². The van der Waals surface area contributed by atoms with Crippen molar-refractivity contribution in [1.82, 2.24) is 9.88 Å². The summed E-state index contributed by atoms with van der Waals surface area (Å²) in [5.41, 5.74) is 2.99. The molecule has 1 amide bonds. The fourth-order valence-corrected chi connectivity index (χ4v) is 5.80. The SMILES string of the molecule is CCCN(C(=O)Cc1csc(-c2ccc(C)cc2)n1)C1CCS(=O)(=O)C1. The van der Waals surface area contributed by atoms with Crippen LogP contribution in [0.1, 0.15) is 31.0 Å². The number of nitrogens with zero attached hydrogens (tertiary/aromatic N) is 2. The Morgan fingerprint density at radius 2 is 2.04 bits per heavy atom. The van der Waals surface area contributed by atoms with Gasteiger partial charge in [-0.1, -0.05) is 36.8 Å². The zero-order valence-electron chi connectivity index (χ0n) is 15.1. The van der Waals surface area contributed by atoms with Crippen LogP contribution in [-0.2, 0) is 21.1 Å². The Kier molecular flexibility index (Phi) is 5.77. The number of amides is 1. The van der Waals surface area contributed by atoms with Crippen molar-refractivity contribution < 1.29 is 13.2 Å². The van der Waals surface area contributed by atoms with Gasteiger partial charge in [0.1, 0.15) is 5.01 Å². The molecular weight excluding hydrogens is 368 g/mol. The Bertz CT molecular complexity index is 872. The van der Waals surface area contributed by atoms with E-state index in [2.05, 4.69) is 4.98 Å². The smallest absolute Gasteiger partial charge is 0.228 e. The minimum atomic E-state index is -3.01. The molecule has 1 aliphatic heterocycles. The van der Waals surface area contributed by atoms with E-state index in [1.54, 1.807) is 4.90 Å². The maximum absolute atomic E-state index is 12.8. The molecular formula is C19H24N2O3S2. The standard InChI is InChI=1S/C19H24N2O3S2/c1-3-9-21(17-8-10-26(23,24)13-17)18(22)11-16-12-25-19(20-16)15-6-4-14(2)5-7-15/h4-7,12,17H,3,8-11,13H2,1-2H3. The average Bonchev–Trinajstić information content (AvgIpc) is 3.19. The van der Waals surface area contributed by atoms with Gasteiger partial charge in [-0.3, -0.25) is 4.79 Å². The third-order valence-electron chi connectivity index (χ3n) is 4.62. The summed E-state index contributed by atoms with van der Waals surface area (Å²) < 4.78 is 23.5. The first-order valence-corrected chi connectivity index (χ1v) is 11.6. The van der Waals surface area contributed by atoms with Crippen molar-refractivity contribution in [2.45, 2.75) is 39.2 Å². The Labute approximate surface area is 159 Å². The van der Waals surface area contributed by atoms with Gasteiger partial charge >= 0.3 is 0 Å². The van der Waals surface area contributed by atoms with Gasteiger partial charge in [-0.25, -0.2) is 13.4 Å². The molecule has 0 N–H and O–H groups in total. The number of rotatable bonds is 6. The number of sulfone groups is 1. The Morgan fingerprint density at radius 3 is 2.65 bits per heavy atom. The highest BCUT2D eigenvalue weighted by Crippen LogP contribution is 2.25. The molecule has 3 rings (SSSR count). The molecule has 1 unspecified atom stereocenters. The summed E-state index contributed by atoms with van der Waals surface area (Å²) in [6.07, 6.45) is 1.58. The van der Waals surface area contributed by atoms with Crippen LogP contribution < -0.4 is 0 Å². The van der Waals surface area contributed by atoms with Gasteiger partial charge in [0.05, 0.1) is 23.6 Å². The van der Waals surface area contributed by atoms with Crippen molar-refractivity contribution in [3.8, 4) is 10.6 Å². The lowest BCUT2D eigenvalue weighted by molar-refractivity contribution is -0.132. The normalized spacial score (nSPS) is 18.8. The lowest BCUT2D eigenvalue weighted by Gasteiger charge is -2.27. The van der Waals surface area contributed by atoms with Crippen molar-refractivity contribution in [3.63, 3.8) is 0 Å². The van der Waals surface area contributed by atoms with Gasteiger partial charge in [0, 0.05) is 23.5 Å². The summed E-state index contributed by atoms with van der Waals surface area (Å²) in [5, 5.41) is 2.82. The lowest BCUT2D eigenvalue weighted by Crippen LogP contribution is -2.42. The molecule has 0 spiro atoms. The molecule has 0 saturated carbocycles. The lowest BCUT2D eigenvalue weighted by atomic mass is 10.1. The van der Waals surface area contributed by atoms with Crippen LogP contribution in [0.15, 0.2) is 29.6 Å². The van der Waals surface area contributed by atoms with Gasteiger partial charge < -0.3 is 4.90 Å². The highest BCUT2D eigenvalue weighted by atomic mass is 32.2. The maximum atomic E-state index is 12.8. The van der Waals surface area contributed by atoms with Gasteiger partial charge in [-0.15, -0.1) is 11.3 Å². The molecule has 1 saturated heterocycles. The molecule has 0 radical (unpaired) electrons. The second kappa shape index (κ2) is 7.88. The Balaban J connectivity index is 1.70. The van der Waals surface area contributed by atoms with E-state index in [1.807, 2.05) is 43.5 Å². The molecule has 2 heterocycles. The first-order valence-electron chi connectivity index (χ1n) is 8.89. The molecule has 5 nitrogen and oxygen atoms in total. The van der Waals surface area contributed by atoms with Crippen molar-refractivity contribution >= 4 is 27.1 Å². The van der Waals surface area contributed by atoms with Crippen molar-refractivity contribution in [1.29, 1.82) is 0 Å². The van der Waals surface area contributed by atoms with Crippen LogP contribution in [0, 0.1) is 6.92 Å². The number of thiazole rings is 1. The van der Waals surface area contributed by atoms with Crippen molar-refractivity contribution in [3.05, 3.63) is 40.9 Å². The number of carbonyl (C=O) groups excluding carboxylic acids is 1. The third kappa shape index (κ3) is 4.51. The minimum absolute atomic E-state index is 0.0327. The van der Waals surface area contributed by atoms with Crippen LogP contribution in [0.4, 0.5) is 0 Å². The fraction of sp³-hybridized carbons (Fsp3) is 0.474. The van der Waals surface area contributed by atoms with E-state index in [-0.39, 0.29) is 29.9 Å². The summed E-state index contributed by atoms with van der Waals surface area (Å²) in [7, 11) is -3.01. The van der Waals surface area contributed by atoms with Crippen LogP contribution in [0.2, 0.25) is 0 Å². The molecule has 26 heavy (non-hydrogen) atoms. The average molecular weight is 393 g/mol. The Morgan fingerprint density at radius 1 is 1.31 bits per heavy atom. The molecule has 140 valence electrons. The van der Waals surface area contributed by atoms with Crippen LogP contribution in [-0.4, -0.2) is 48.3 Å². The molecule has 1 atom stereocenters. The van der Waals surface area contributed by atoms with Gasteiger partial charge in [-0.2, -0.15) is 0 Å². The van der Waals surface area contributed by atoms with Crippen molar-refractivity contribution in [2.24, 2.45) is 0 Å². The van der Waals surface area contributed by atoms with Gasteiger partial charge in [0.15, 0.2) is 9.84 Å². The molecule has 1 aromatic heterocycles. The summed E-state index contributed by atoms with van der Waals surface area (Å²) >= 11 is 1.53. The summed E-state index contributed by atoms with van der Waals surface area (Å²) in [5.74, 6) is 0.235. The largest absolute Gasteiger partial charge is 0.338 e. The number of hydrogen-bond acceptors (Lipinski definition) is 5. The van der Waals surface area contributed by atoms with Gasteiger partial charge in [0.2, 0.25) is 5.91 Å². The zero-order chi connectivity index (χ0) is 18.7. The molecule has 2 aromatic rings. The van der Waals surface area contributed by atoms with E-state index in [1.165, 1.54) is 16.9 Å². The predicted octanol–water partition coefficient (Wildman–Crippen LogP) is 3.09. The van der Waals surface area contributed by atoms with Crippen LogP contribution in [0.25, 0.3) is 10.6 Å². The number of aromatic nitrogens is 1. The number of benzene rings is 1. The third-order valence-corrected chi connectivity index (χ3v) is 7.31. The number of carbonyl (C=O) groups is 1. The highest BCUT2D eigenvalue weighted by molar-refractivity contribution is 7.91. The second-order valence-electron chi connectivity index (χ2n) is 6.83. The summed E-state index contributed by atoms with van der Waals surface area (Å²) in [6.45, 7) is 4.64. The first-order chi connectivity index (χ1) is 12.4. The molecule has 0 aliphatic carbocycles. The Hall–Kier alpha value is -1.73. The summed E-state index contributed by atoms with van der Waals surface area (Å²) in [4.78, 5) is 19.1. The highest BCUT2D eigenvalue weighted by Gasteiger charge is 2.34. The topological polar surface area (TPSA) is 67.3 Å². The minimum Gasteiger partial charge on any atom is -0.338 e. The van der Waals surface area contributed by atoms with Crippen LogP contribution >= 0.6 is 11.3 Å².